The van der Waals surface area contributed by atoms with E-state index in [4.69, 9.17) is 0 Å². The maximum absolute atomic E-state index is 4.47. The summed E-state index contributed by atoms with van der Waals surface area (Å²) in [6.07, 6.45) is 0. The Balaban J connectivity index is 2.78. The SMILES string of the molecule is Cc1nn(C)c(N(C)C)c1CNCC(C)C. The third-order valence-electron chi connectivity index (χ3n) is 2.59. The van der Waals surface area contributed by atoms with E-state index in [0.29, 0.717) is 5.92 Å². The Labute approximate surface area is 98.6 Å². The van der Waals surface area contributed by atoms with Crippen molar-refractivity contribution in [2.24, 2.45) is 13.0 Å². The zero-order chi connectivity index (χ0) is 12.3. The van der Waals surface area contributed by atoms with E-state index in [0.717, 1.165) is 18.8 Å². The van der Waals surface area contributed by atoms with Gasteiger partial charge in [0.2, 0.25) is 0 Å². The van der Waals surface area contributed by atoms with Crippen LogP contribution in [-0.4, -0.2) is 30.4 Å². The molecule has 4 heteroatoms. The Morgan fingerprint density at radius 2 is 2.00 bits per heavy atom. The van der Waals surface area contributed by atoms with Crippen LogP contribution in [0.3, 0.4) is 0 Å². The van der Waals surface area contributed by atoms with Gasteiger partial charge in [0, 0.05) is 33.3 Å². The molecule has 1 N–H and O–H groups in total. The van der Waals surface area contributed by atoms with Gasteiger partial charge in [-0.2, -0.15) is 5.10 Å². The van der Waals surface area contributed by atoms with E-state index in [1.807, 2.05) is 11.7 Å². The van der Waals surface area contributed by atoms with Crippen LogP contribution >= 0.6 is 0 Å². The highest BCUT2D eigenvalue weighted by Gasteiger charge is 2.14. The Morgan fingerprint density at radius 1 is 1.38 bits per heavy atom. The van der Waals surface area contributed by atoms with Crippen LogP contribution < -0.4 is 10.2 Å². The van der Waals surface area contributed by atoms with E-state index in [9.17, 15) is 0 Å². The van der Waals surface area contributed by atoms with Crippen molar-refractivity contribution < 1.29 is 0 Å². The highest BCUT2D eigenvalue weighted by Crippen LogP contribution is 2.20. The molecule has 0 fully saturated rings. The number of hydrogen-bond acceptors (Lipinski definition) is 3. The van der Waals surface area contributed by atoms with Gasteiger partial charge in [0.25, 0.3) is 0 Å². The summed E-state index contributed by atoms with van der Waals surface area (Å²) in [6.45, 7) is 8.44. The van der Waals surface area contributed by atoms with Gasteiger partial charge >= 0.3 is 0 Å². The van der Waals surface area contributed by atoms with Crippen molar-refractivity contribution in [3.63, 3.8) is 0 Å². The highest BCUT2D eigenvalue weighted by molar-refractivity contribution is 5.48. The maximum Gasteiger partial charge on any atom is 0.130 e. The second-order valence-electron chi connectivity index (χ2n) is 4.93. The number of nitrogens with one attached hydrogen (secondary N) is 1. The topological polar surface area (TPSA) is 33.1 Å². The Hall–Kier alpha value is -1.03. The van der Waals surface area contributed by atoms with Crippen LogP contribution in [0, 0.1) is 12.8 Å². The molecule has 92 valence electrons. The van der Waals surface area contributed by atoms with Gasteiger partial charge in [-0.3, -0.25) is 4.68 Å². The Morgan fingerprint density at radius 3 is 2.50 bits per heavy atom. The van der Waals surface area contributed by atoms with Crippen molar-refractivity contribution in [2.45, 2.75) is 27.3 Å². The number of aryl methyl sites for hydroxylation is 2. The van der Waals surface area contributed by atoms with E-state index < -0.39 is 0 Å². The lowest BCUT2D eigenvalue weighted by molar-refractivity contribution is 0.551. The standard InChI is InChI=1S/C12H24N4/c1-9(2)7-13-8-11-10(3)14-16(6)12(11)15(4)5/h9,13H,7-8H2,1-6H3. The maximum atomic E-state index is 4.47. The summed E-state index contributed by atoms with van der Waals surface area (Å²) >= 11 is 0. The fraction of sp³-hybridized carbons (Fsp3) is 0.750. The van der Waals surface area contributed by atoms with Crippen LogP contribution in [0.2, 0.25) is 0 Å². The first kappa shape index (κ1) is 13.0. The van der Waals surface area contributed by atoms with Crippen molar-refractivity contribution in [1.82, 2.24) is 15.1 Å². The number of aromatic nitrogens is 2. The Bertz CT molecular complexity index is 339. The van der Waals surface area contributed by atoms with Crippen molar-refractivity contribution in [2.75, 3.05) is 25.5 Å². The predicted molar refractivity (Wildman–Crippen MR) is 68.8 cm³/mol. The van der Waals surface area contributed by atoms with Gasteiger partial charge in [-0.15, -0.1) is 0 Å². The minimum Gasteiger partial charge on any atom is -0.363 e. The van der Waals surface area contributed by atoms with Crippen LogP contribution in [-0.2, 0) is 13.6 Å². The van der Waals surface area contributed by atoms with Gasteiger partial charge in [-0.05, 0) is 19.4 Å². The summed E-state index contributed by atoms with van der Waals surface area (Å²) in [7, 11) is 6.11. The molecule has 1 heterocycles. The van der Waals surface area contributed by atoms with Gasteiger partial charge in [-0.25, -0.2) is 0 Å². The molecule has 0 aliphatic heterocycles. The number of hydrogen-bond donors (Lipinski definition) is 1. The average Bonchev–Trinajstić information content (AvgIpc) is 2.40. The van der Waals surface area contributed by atoms with E-state index in [2.05, 4.69) is 50.2 Å². The largest absolute Gasteiger partial charge is 0.363 e. The summed E-state index contributed by atoms with van der Waals surface area (Å²) < 4.78 is 1.95. The minimum atomic E-state index is 0.680. The predicted octanol–water partition coefficient (Wildman–Crippen LogP) is 1.54. The number of anilines is 1. The first-order valence-electron chi connectivity index (χ1n) is 5.84. The molecular formula is C12H24N4. The van der Waals surface area contributed by atoms with Crippen LogP contribution in [0.25, 0.3) is 0 Å². The molecule has 0 atom stereocenters. The molecule has 1 rings (SSSR count). The summed E-state index contributed by atoms with van der Waals surface area (Å²) in [5, 5.41) is 7.94. The van der Waals surface area contributed by atoms with E-state index >= 15 is 0 Å². The van der Waals surface area contributed by atoms with Crippen LogP contribution in [0.15, 0.2) is 0 Å². The second-order valence-corrected chi connectivity index (χ2v) is 4.93. The monoisotopic (exact) mass is 224 g/mol. The normalized spacial score (nSPS) is 11.2. The molecule has 4 nitrogen and oxygen atoms in total. The zero-order valence-electron chi connectivity index (χ0n) is 11.3. The van der Waals surface area contributed by atoms with Crippen LogP contribution in [0.5, 0.6) is 0 Å². The number of nitrogens with zero attached hydrogens (tertiary/aromatic N) is 3. The molecule has 16 heavy (non-hydrogen) atoms. The summed E-state index contributed by atoms with van der Waals surface area (Å²) in [5.41, 5.74) is 2.41. The summed E-state index contributed by atoms with van der Waals surface area (Å²) in [5.74, 6) is 1.87. The molecule has 0 radical (unpaired) electrons. The molecule has 1 aromatic rings. The molecule has 0 bridgehead atoms. The Kier molecular flexibility index (Phi) is 4.35. The first-order valence-corrected chi connectivity index (χ1v) is 5.84. The minimum absolute atomic E-state index is 0.680. The van der Waals surface area contributed by atoms with Gasteiger partial charge < -0.3 is 10.2 Å². The molecule has 0 aliphatic rings. The zero-order valence-corrected chi connectivity index (χ0v) is 11.3. The van der Waals surface area contributed by atoms with Gasteiger partial charge in [-0.1, -0.05) is 13.8 Å². The lowest BCUT2D eigenvalue weighted by Gasteiger charge is -2.16. The van der Waals surface area contributed by atoms with Crippen molar-refractivity contribution in [3.8, 4) is 0 Å². The molecule has 0 spiro atoms. The third kappa shape index (κ3) is 2.98. The van der Waals surface area contributed by atoms with Crippen molar-refractivity contribution in [1.29, 1.82) is 0 Å². The van der Waals surface area contributed by atoms with E-state index in [-0.39, 0.29) is 0 Å². The van der Waals surface area contributed by atoms with Crippen molar-refractivity contribution >= 4 is 5.82 Å². The van der Waals surface area contributed by atoms with Crippen LogP contribution in [0.4, 0.5) is 5.82 Å². The molecule has 0 unspecified atom stereocenters. The summed E-state index contributed by atoms with van der Waals surface area (Å²) in [4.78, 5) is 2.12. The summed E-state index contributed by atoms with van der Waals surface area (Å²) in [6, 6.07) is 0. The lowest BCUT2D eigenvalue weighted by Crippen LogP contribution is -2.21. The fourth-order valence-electron chi connectivity index (χ4n) is 1.94. The third-order valence-corrected chi connectivity index (χ3v) is 2.59. The highest BCUT2D eigenvalue weighted by atomic mass is 15.4. The fourth-order valence-corrected chi connectivity index (χ4v) is 1.94. The molecular weight excluding hydrogens is 200 g/mol. The molecule has 0 saturated heterocycles. The number of rotatable bonds is 5. The van der Waals surface area contributed by atoms with Gasteiger partial charge in [0.1, 0.15) is 5.82 Å². The van der Waals surface area contributed by atoms with Gasteiger partial charge in [0.15, 0.2) is 0 Å². The first-order chi connectivity index (χ1) is 7.43. The van der Waals surface area contributed by atoms with Crippen LogP contribution in [0.1, 0.15) is 25.1 Å². The van der Waals surface area contributed by atoms with E-state index in [1.54, 1.807) is 0 Å². The molecule has 1 aromatic heterocycles. The molecule has 0 aliphatic carbocycles. The lowest BCUT2D eigenvalue weighted by atomic mass is 10.2. The second kappa shape index (κ2) is 5.34. The molecule has 0 saturated carbocycles. The quantitative estimate of drug-likeness (QED) is 0.823. The molecule has 0 amide bonds. The smallest absolute Gasteiger partial charge is 0.130 e. The van der Waals surface area contributed by atoms with E-state index in [1.165, 1.54) is 11.4 Å². The molecule has 0 aromatic carbocycles. The van der Waals surface area contributed by atoms with Crippen molar-refractivity contribution in [3.05, 3.63) is 11.3 Å². The average molecular weight is 224 g/mol. The van der Waals surface area contributed by atoms with Gasteiger partial charge in [0.05, 0.1) is 5.69 Å².